The third kappa shape index (κ3) is 4.31. The van der Waals surface area contributed by atoms with Crippen LogP contribution in [-0.4, -0.2) is 30.1 Å². The van der Waals surface area contributed by atoms with Crippen LogP contribution in [0.1, 0.15) is 23.6 Å². The minimum Gasteiger partial charge on any atom is -0.354 e. The number of urea groups is 1. The number of aromatic nitrogens is 1. The standard InChI is InChI=1S/C23H24N4O/c28-23(25-20-14-16-27(17-20)21-13-7-8-15-24-21)26-22(18-9-3-1-4-10-18)19-11-5-2-6-12-19/h1-13,15,20,22H,14,16-17H2,(H2,25,26,28)/t20-/m1/s1. The Morgan fingerprint density at radius 3 is 2.18 bits per heavy atom. The van der Waals surface area contributed by atoms with E-state index in [1.165, 1.54) is 0 Å². The molecule has 0 spiro atoms. The zero-order valence-electron chi connectivity index (χ0n) is 15.7. The van der Waals surface area contributed by atoms with E-state index in [0.717, 1.165) is 36.5 Å². The first kappa shape index (κ1) is 18.0. The molecule has 2 heterocycles. The molecule has 2 N–H and O–H groups in total. The van der Waals surface area contributed by atoms with Gasteiger partial charge in [0.25, 0.3) is 0 Å². The predicted octanol–water partition coefficient (Wildman–Crippen LogP) is 3.75. The molecule has 0 unspecified atom stereocenters. The number of nitrogens with one attached hydrogen (secondary N) is 2. The molecule has 142 valence electrons. The molecule has 1 aliphatic rings. The zero-order chi connectivity index (χ0) is 19.2. The van der Waals surface area contributed by atoms with Gasteiger partial charge < -0.3 is 15.5 Å². The van der Waals surface area contributed by atoms with Crippen molar-refractivity contribution in [3.8, 4) is 0 Å². The van der Waals surface area contributed by atoms with E-state index in [-0.39, 0.29) is 18.1 Å². The number of pyridine rings is 1. The summed E-state index contributed by atoms with van der Waals surface area (Å²) in [4.78, 5) is 19.3. The molecule has 1 fully saturated rings. The maximum Gasteiger partial charge on any atom is 0.315 e. The number of anilines is 1. The van der Waals surface area contributed by atoms with Gasteiger partial charge in [-0.3, -0.25) is 0 Å². The van der Waals surface area contributed by atoms with Gasteiger partial charge in [0.05, 0.1) is 6.04 Å². The summed E-state index contributed by atoms with van der Waals surface area (Å²) >= 11 is 0. The Kier molecular flexibility index (Phi) is 5.52. The fourth-order valence-electron chi connectivity index (χ4n) is 3.64. The van der Waals surface area contributed by atoms with Crippen molar-refractivity contribution < 1.29 is 4.79 Å². The van der Waals surface area contributed by atoms with E-state index < -0.39 is 0 Å². The second-order valence-electron chi connectivity index (χ2n) is 6.99. The third-order valence-electron chi connectivity index (χ3n) is 5.04. The highest BCUT2D eigenvalue weighted by molar-refractivity contribution is 5.75. The number of carbonyl (C=O) groups is 1. The highest BCUT2D eigenvalue weighted by Crippen LogP contribution is 2.22. The number of amides is 2. The molecule has 0 radical (unpaired) electrons. The lowest BCUT2D eigenvalue weighted by atomic mass is 9.99. The molecule has 2 aromatic carbocycles. The Balaban J connectivity index is 1.41. The summed E-state index contributed by atoms with van der Waals surface area (Å²) in [6, 6.07) is 25.8. The van der Waals surface area contributed by atoms with E-state index in [4.69, 9.17) is 0 Å². The molecule has 0 saturated carbocycles. The van der Waals surface area contributed by atoms with E-state index in [1.807, 2.05) is 78.9 Å². The van der Waals surface area contributed by atoms with Gasteiger partial charge in [-0.15, -0.1) is 0 Å². The van der Waals surface area contributed by atoms with Crippen LogP contribution < -0.4 is 15.5 Å². The van der Waals surface area contributed by atoms with Crippen LogP contribution >= 0.6 is 0 Å². The van der Waals surface area contributed by atoms with Crippen molar-refractivity contribution in [1.29, 1.82) is 0 Å². The number of rotatable bonds is 5. The SMILES string of the molecule is O=C(NC(c1ccccc1)c1ccccc1)N[C@@H]1CCN(c2ccccn2)C1. The highest BCUT2D eigenvalue weighted by Gasteiger charge is 2.25. The van der Waals surface area contributed by atoms with Crippen molar-refractivity contribution in [3.05, 3.63) is 96.2 Å². The largest absolute Gasteiger partial charge is 0.354 e. The highest BCUT2D eigenvalue weighted by atomic mass is 16.2. The normalized spacial score (nSPS) is 16.2. The van der Waals surface area contributed by atoms with Gasteiger partial charge in [0.15, 0.2) is 0 Å². The van der Waals surface area contributed by atoms with Crippen molar-refractivity contribution in [3.63, 3.8) is 0 Å². The van der Waals surface area contributed by atoms with Crippen LogP contribution in [0.5, 0.6) is 0 Å². The van der Waals surface area contributed by atoms with Gasteiger partial charge in [0.2, 0.25) is 0 Å². The number of hydrogen-bond donors (Lipinski definition) is 2. The molecule has 1 aromatic heterocycles. The van der Waals surface area contributed by atoms with Crippen LogP contribution in [0.3, 0.4) is 0 Å². The first-order valence-corrected chi connectivity index (χ1v) is 9.62. The number of carbonyl (C=O) groups excluding carboxylic acids is 1. The van der Waals surface area contributed by atoms with Crippen LogP contribution in [0.2, 0.25) is 0 Å². The van der Waals surface area contributed by atoms with Crippen LogP contribution in [0.15, 0.2) is 85.1 Å². The molecule has 1 atom stereocenters. The first-order valence-electron chi connectivity index (χ1n) is 9.62. The fraction of sp³-hybridized carbons (Fsp3) is 0.217. The van der Waals surface area contributed by atoms with Crippen LogP contribution in [0.4, 0.5) is 10.6 Å². The smallest absolute Gasteiger partial charge is 0.315 e. The quantitative estimate of drug-likeness (QED) is 0.717. The van der Waals surface area contributed by atoms with Gasteiger partial charge in [-0.05, 0) is 29.7 Å². The van der Waals surface area contributed by atoms with E-state index in [2.05, 4.69) is 20.5 Å². The lowest BCUT2D eigenvalue weighted by Crippen LogP contribution is -2.44. The lowest BCUT2D eigenvalue weighted by molar-refractivity contribution is 0.235. The van der Waals surface area contributed by atoms with E-state index in [9.17, 15) is 4.79 Å². The molecular formula is C23H24N4O. The topological polar surface area (TPSA) is 57.3 Å². The Labute approximate surface area is 165 Å². The Morgan fingerprint density at radius 1 is 0.929 bits per heavy atom. The number of hydrogen-bond acceptors (Lipinski definition) is 3. The maximum atomic E-state index is 12.7. The van der Waals surface area contributed by atoms with Gasteiger partial charge in [-0.25, -0.2) is 9.78 Å². The lowest BCUT2D eigenvalue weighted by Gasteiger charge is -2.22. The van der Waals surface area contributed by atoms with Gasteiger partial charge >= 0.3 is 6.03 Å². The zero-order valence-corrected chi connectivity index (χ0v) is 15.7. The van der Waals surface area contributed by atoms with E-state index in [0.29, 0.717) is 0 Å². The molecule has 0 aliphatic carbocycles. The minimum absolute atomic E-state index is 0.106. The average Bonchev–Trinajstić information content (AvgIpc) is 3.22. The van der Waals surface area contributed by atoms with Gasteiger partial charge in [-0.1, -0.05) is 66.7 Å². The fourth-order valence-corrected chi connectivity index (χ4v) is 3.64. The first-order chi connectivity index (χ1) is 13.8. The number of benzene rings is 2. The summed E-state index contributed by atoms with van der Waals surface area (Å²) in [5, 5.41) is 6.28. The molecule has 28 heavy (non-hydrogen) atoms. The van der Waals surface area contributed by atoms with Crippen LogP contribution in [0.25, 0.3) is 0 Å². The van der Waals surface area contributed by atoms with Crippen LogP contribution in [0, 0.1) is 0 Å². The molecule has 2 amide bonds. The summed E-state index contributed by atoms with van der Waals surface area (Å²) in [7, 11) is 0. The molecule has 1 saturated heterocycles. The van der Waals surface area contributed by atoms with Crippen molar-refractivity contribution >= 4 is 11.8 Å². The minimum atomic E-state index is -0.185. The van der Waals surface area contributed by atoms with Crippen molar-refractivity contribution in [2.45, 2.75) is 18.5 Å². The summed E-state index contributed by atoms with van der Waals surface area (Å²) in [5.41, 5.74) is 2.12. The Hall–Kier alpha value is -3.34. The third-order valence-corrected chi connectivity index (χ3v) is 5.04. The van der Waals surface area contributed by atoms with Gasteiger partial charge in [0, 0.05) is 25.3 Å². The monoisotopic (exact) mass is 372 g/mol. The average molecular weight is 372 g/mol. The summed E-state index contributed by atoms with van der Waals surface area (Å²) < 4.78 is 0. The molecule has 5 nitrogen and oxygen atoms in total. The summed E-state index contributed by atoms with van der Waals surface area (Å²) in [6.07, 6.45) is 2.71. The van der Waals surface area contributed by atoms with Gasteiger partial charge in [0.1, 0.15) is 5.82 Å². The molecule has 0 bridgehead atoms. The maximum absolute atomic E-state index is 12.7. The van der Waals surface area contributed by atoms with Gasteiger partial charge in [-0.2, -0.15) is 0 Å². The van der Waals surface area contributed by atoms with Crippen molar-refractivity contribution in [1.82, 2.24) is 15.6 Å². The number of nitrogens with zero attached hydrogens (tertiary/aromatic N) is 2. The van der Waals surface area contributed by atoms with Crippen molar-refractivity contribution in [2.75, 3.05) is 18.0 Å². The van der Waals surface area contributed by atoms with E-state index >= 15 is 0 Å². The molecular weight excluding hydrogens is 348 g/mol. The Morgan fingerprint density at radius 2 is 1.57 bits per heavy atom. The molecule has 5 heteroatoms. The molecule has 4 rings (SSSR count). The van der Waals surface area contributed by atoms with Crippen molar-refractivity contribution in [2.24, 2.45) is 0 Å². The Bertz CT molecular complexity index is 847. The summed E-state index contributed by atoms with van der Waals surface area (Å²) in [6.45, 7) is 1.66. The molecule has 1 aliphatic heterocycles. The summed E-state index contributed by atoms with van der Waals surface area (Å²) in [5.74, 6) is 0.957. The molecule has 3 aromatic rings. The van der Waals surface area contributed by atoms with E-state index in [1.54, 1.807) is 6.20 Å². The predicted molar refractivity (Wildman–Crippen MR) is 111 cm³/mol. The van der Waals surface area contributed by atoms with Crippen LogP contribution in [-0.2, 0) is 0 Å². The second-order valence-corrected chi connectivity index (χ2v) is 6.99. The second kappa shape index (κ2) is 8.57.